The number of rotatable bonds is 6. The van der Waals surface area contributed by atoms with E-state index in [1.54, 1.807) is 6.26 Å². The van der Waals surface area contributed by atoms with E-state index in [4.69, 9.17) is 9.15 Å². The summed E-state index contributed by atoms with van der Waals surface area (Å²) in [5, 5.41) is 12.3. The molecule has 0 saturated carbocycles. The third-order valence-electron chi connectivity index (χ3n) is 5.79. The van der Waals surface area contributed by atoms with Gasteiger partial charge < -0.3 is 19.6 Å². The summed E-state index contributed by atoms with van der Waals surface area (Å²) in [7, 11) is 0. The predicted molar refractivity (Wildman–Crippen MR) is 113 cm³/mol. The standard InChI is InChI=1S/C24H25NO5/c1-3-16(26)12-25-21(27)11-18-14(2)22-20(30-24(18)28)10-9-17-19(13-29-23(17)22)15-7-5-4-6-8-15/h4-10,13,16-17,23,26H,3,11-12H2,1-2H3,(H,25,27). The Kier molecular flexibility index (Phi) is 5.59. The van der Waals surface area contributed by atoms with E-state index in [-0.39, 0.29) is 30.9 Å². The highest BCUT2D eigenvalue weighted by Crippen LogP contribution is 2.47. The molecule has 6 nitrogen and oxygen atoms in total. The Hall–Kier alpha value is -3.12. The van der Waals surface area contributed by atoms with Gasteiger partial charge in [0.15, 0.2) is 0 Å². The number of carbonyl (C=O) groups is 1. The van der Waals surface area contributed by atoms with Crippen molar-refractivity contribution in [1.29, 1.82) is 0 Å². The third kappa shape index (κ3) is 3.71. The quantitative estimate of drug-likeness (QED) is 0.768. The van der Waals surface area contributed by atoms with Crippen molar-refractivity contribution >= 4 is 17.6 Å². The third-order valence-corrected chi connectivity index (χ3v) is 5.79. The van der Waals surface area contributed by atoms with Gasteiger partial charge in [-0.3, -0.25) is 4.79 Å². The maximum atomic E-state index is 12.5. The number of aliphatic hydroxyl groups excluding tert-OH is 1. The van der Waals surface area contributed by atoms with E-state index in [2.05, 4.69) is 5.32 Å². The Balaban J connectivity index is 1.61. The SMILES string of the molecule is CCC(O)CNC(=O)Cc1c(C)c2c(oc1=O)C=CC1C(c3ccccc3)=COC21. The van der Waals surface area contributed by atoms with Gasteiger partial charge in [-0.2, -0.15) is 0 Å². The molecule has 0 saturated heterocycles. The molecular formula is C24H25NO5. The summed E-state index contributed by atoms with van der Waals surface area (Å²) >= 11 is 0. The van der Waals surface area contributed by atoms with E-state index in [0.717, 1.165) is 22.3 Å². The number of ether oxygens (including phenoxy) is 1. The van der Waals surface area contributed by atoms with Gasteiger partial charge >= 0.3 is 5.63 Å². The molecule has 1 aliphatic carbocycles. The van der Waals surface area contributed by atoms with Crippen molar-refractivity contribution in [3.63, 3.8) is 0 Å². The maximum Gasteiger partial charge on any atom is 0.340 e. The molecule has 156 valence electrons. The van der Waals surface area contributed by atoms with E-state index < -0.39 is 11.7 Å². The van der Waals surface area contributed by atoms with E-state index >= 15 is 0 Å². The van der Waals surface area contributed by atoms with Crippen LogP contribution in [0.3, 0.4) is 0 Å². The number of benzene rings is 1. The minimum absolute atomic E-state index is 0.00711. The van der Waals surface area contributed by atoms with Gasteiger partial charge in [0.1, 0.15) is 11.9 Å². The number of hydrogen-bond acceptors (Lipinski definition) is 5. The number of hydrogen-bond donors (Lipinski definition) is 2. The van der Waals surface area contributed by atoms with Crippen molar-refractivity contribution in [3.05, 3.63) is 81.1 Å². The highest BCUT2D eigenvalue weighted by molar-refractivity contribution is 5.79. The Labute approximate surface area is 174 Å². The summed E-state index contributed by atoms with van der Waals surface area (Å²) < 4.78 is 11.5. The number of fused-ring (bicyclic) bond motifs is 3. The summed E-state index contributed by atoms with van der Waals surface area (Å²) in [4.78, 5) is 24.8. The van der Waals surface area contributed by atoms with Crippen LogP contribution in [0, 0.1) is 12.8 Å². The number of aliphatic hydroxyl groups is 1. The highest BCUT2D eigenvalue weighted by atomic mass is 16.5. The Morgan fingerprint density at radius 1 is 1.27 bits per heavy atom. The first-order valence-corrected chi connectivity index (χ1v) is 10.2. The molecule has 1 aromatic heterocycles. The lowest BCUT2D eigenvalue weighted by molar-refractivity contribution is -0.120. The van der Waals surface area contributed by atoms with Crippen LogP contribution in [0.4, 0.5) is 0 Å². The molecule has 0 spiro atoms. The average Bonchev–Trinajstić information content (AvgIpc) is 3.19. The molecule has 6 heteroatoms. The topological polar surface area (TPSA) is 88.8 Å². The lowest BCUT2D eigenvalue weighted by Gasteiger charge is -2.26. The van der Waals surface area contributed by atoms with E-state index in [9.17, 15) is 14.7 Å². The smallest absolute Gasteiger partial charge is 0.340 e. The van der Waals surface area contributed by atoms with Gasteiger partial charge in [0, 0.05) is 23.6 Å². The number of nitrogens with one attached hydrogen (secondary N) is 1. The molecule has 3 atom stereocenters. The lowest BCUT2D eigenvalue weighted by Crippen LogP contribution is -2.34. The zero-order chi connectivity index (χ0) is 21.3. The molecule has 0 bridgehead atoms. The molecule has 3 unspecified atom stereocenters. The maximum absolute atomic E-state index is 12.5. The highest BCUT2D eigenvalue weighted by Gasteiger charge is 2.38. The summed E-state index contributed by atoms with van der Waals surface area (Å²) in [6, 6.07) is 10.0. The second-order valence-corrected chi connectivity index (χ2v) is 7.69. The Bertz CT molecular complexity index is 1070. The van der Waals surface area contributed by atoms with Crippen molar-refractivity contribution in [2.75, 3.05) is 6.54 Å². The zero-order valence-electron chi connectivity index (χ0n) is 17.1. The van der Waals surface area contributed by atoms with E-state index in [0.29, 0.717) is 17.7 Å². The van der Waals surface area contributed by atoms with Crippen molar-refractivity contribution < 1.29 is 19.1 Å². The minimum Gasteiger partial charge on any atom is -0.492 e. The van der Waals surface area contributed by atoms with Gasteiger partial charge in [0.2, 0.25) is 5.91 Å². The molecule has 1 aromatic carbocycles. The second-order valence-electron chi connectivity index (χ2n) is 7.69. The molecule has 1 amide bonds. The summed E-state index contributed by atoms with van der Waals surface area (Å²) in [6.45, 7) is 3.83. The summed E-state index contributed by atoms with van der Waals surface area (Å²) in [6.07, 6.45) is 5.13. The Morgan fingerprint density at radius 2 is 2.03 bits per heavy atom. The monoisotopic (exact) mass is 407 g/mol. The fourth-order valence-corrected chi connectivity index (χ4v) is 4.01. The molecule has 2 aliphatic rings. The van der Waals surface area contributed by atoms with Crippen molar-refractivity contribution in [1.82, 2.24) is 5.32 Å². The van der Waals surface area contributed by atoms with Gasteiger partial charge in [-0.15, -0.1) is 0 Å². The van der Waals surface area contributed by atoms with Crippen molar-refractivity contribution in [2.24, 2.45) is 5.92 Å². The molecule has 30 heavy (non-hydrogen) atoms. The fraction of sp³-hybridized carbons (Fsp3) is 0.333. The van der Waals surface area contributed by atoms with Crippen LogP contribution in [0.5, 0.6) is 0 Å². The molecule has 0 radical (unpaired) electrons. The molecule has 2 heterocycles. The van der Waals surface area contributed by atoms with Gasteiger partial charge in [-0.1, -0.05) is 43.3 Å². The van der Waals surface area contributed by atoms with Crippen LogP contribution in [0.1, 0.15) is 47.5 Å². The van der Waals surface area contributed by atoms with Crippen LogP contribution in [0.25, 0.3) is 11.6 Å². The zero-order valence-corrected chi connectivity index (χ0v) is 17.1. The van der Waals surface area contributed by atoms with Crippen molar-refractivity contribution in [2.45, 2.75) is 38.9 Å². The number of amides is 1. The molecule has 4 rings (SSSR count). The normalized spacial score (nSPS) is 20.0. The molecular weight excluding hydrogens is 382 g/mol. The van der Waals surface area contributed by atoms with Crippen molar-refractivity contribution in [3.8, 4) is 0 Å². The first kappa shape index (κ1) is 20.2. The minimum atomic E-state index is -0.602. The van der Waals surface area contributed by atoms with Gasteiger partial charge in [-0.25, -0.2) is 4.79 Å². The van der Waals surface area contributed by atoms with E-state index in [1.165, 1.54) is 0 Å². The first-order chi connectivity index (χ1) is 14.5. The van der Waals surface area contributed by atoms with Crippen LogP contribution >= 0.6 is 0 Å². The van der Waals surface area contributed by atoms with Crippen LogP contribution in [-0.2, 0) is 16.0 Å². The van der Waals surface area contributed by atoms with Crippen LogP contribution in [0.2, 0.25) is 0 Å². The van der Waals surface area contributed by atoms with Crippen LogP contribution in [0.15, 0.2) is 51.9 Å². The van der Waals surface area contributed by atoms with Gasteiger partial charge in [0.25, 0.3) is 0 Å². The predicted octanol–water partition coefficient (Wildman–Crippen LogP) is 3.13. The molecule has 1 aliphatic heterocycles. The molecule has 2 aromatic rings. The largest absolute Gasteiger partial charge is 0.492 e. The Morgan fingerprint density at radius 3 is 2.77 bits per heavy atom. The first-order valence-electron chi connectivity index (χ1n) is 10.2. The van der Waals surface area contributed by atoms with Gasteiger partial charge in [-0.05, 0) is 30.5 Å². The second kappa shape index (κ2) is 8.32. The fourth-order valence-electron chi connectivity index (χ4n) is 4.01. The van der Waals surface area contributed by atoms with Gasteiger partial charge in [0.05, 0.1) is 24.4 Å². The van der Waals surface area contributed by atoms with E-state index in [1.807, 2.05) is 56.3 Å². The molecule has 2 N–H and O–H groups in total. The summed E-state index contributed by atoms with van der Waals surface area (Å²) in [5.74, 6) is 0.163. The summed E-state index contributed by atoms with van der Waals surface area (Å²) in [5.41, 5.74) is 3.48. The van der Waals surface area contributed by atoms with Crippen LogP contribution < -0.4 is 10.9 Å². The average molecular weight is 407 g/mol. The molecule has 0 fully saturated rings. The number of carbonyl (C=O) groups excluding carboxylic acids is 1. The lowest BCUT2D eigenvalue weighted by atomic mass is 9.81. The van der Waals surface area contributed by atoms with Crippen LogP contribution in [-0.4, -0.2) is 23.7 Å².